The number of fused-ring (bicyclic) bond motifs is 1. The fourth-order valence-corrected chi connectivity index (χ4v) is 3.67. The van der Waals surface area contributed by atoms with Crippen molar-refractivity contribution < 1.29 is 23.9 Å². The predicted octanol–water partition coefficient (Wildman–Crippen LogP) is 2.57. The highest BCUT2D eigenvalue weighted by atomic mass is 16.5. The standard InChI is InChI=1S/C23H36N4O5/c1-7-10-24-23(30)27-12-15(2)21(31-6)13-26(5)22(29)19-9-8-18(25-17(4)28)11-20(19)32-14-16(27)3/h8-9,11,15-16,21H,7,10,12-14H2,1-6H3,(H,24,30)(H,25,28)/t15-,16-,21+/m1/s1. The molecule has 0 spiro atoms. The molecular formula is C23H36N4O5. The van der Waals surface area contributed by atoms with E-state index in [9.17, 15) is 14.4 Å². The van der Waals surface area contributed by atoms with Crippen LogP contribution < -0.4 is 15.4 Å². The van der Waals surface area contributed by atoms with Crippen molar-refractivity contribution in [3.05, 3.63) is 23.8 Å². The topological polar surface area (TPSA) is 100 Å². The van der Waals surface area contributed by atoms with Gasteiger partial charge in [-0.3, -0.25) is 9.59 Å². The molecule has 1 aromatic carbocycles. The normalized spacial score (nSPS) is 22.2. The molecule has 1 heterocycles. The number of rotatable bonds is 4. The van der Waals surface area contributed by atoms with Crippen LogP contribution in [0.3, 0.4) is 0 Å². The van der Waals surface area contributed by atoms with Crippen LogP contribution in [-0.4, -0.2) is 80.2 Å². The molecule has 0 aliphatic carbocycles. The Balaban J connectivity index is 2.42. The van der Waals surface area contributed by atoms with E-state index in [4.69, 9.17) is 9.47 Å². The maximum atomic E-state index is 13.2. The number of benzene rings is 1. The lowest BCUT2D eigenvalue weighted by atomic mass is 10.0. The number of ether oxygens (including phenoxy) is 2. The summed E-state index contributed by atoms with van der Waals surface area (Å²) in [6.45, 7) is 8.95. The second-order valence-electron chi connectivity index (χ2n) is 8.37. The van der Waals surface area contributed by atoms with E-state index in [2.05, 4.69) is 10.6 Å². The van der Waals surface area contributed by atoms with Crippen molar-refractivity contribution in [1.82, 2.24) is 15.1 Å². The Morgan fingerprint density at radius 2 is 1.97 bits per heavy atom. The van der Waals surface area contributed by atoms with E-state index >= 15 is 0 Å². The number of urea groups is 1. The largest absolute Gasteiger partial charge is 0.491 e. The molecule has 0 aromatic heterocycles. The third-order valence-electron chi connectivity index (χ3n) is 5.55. The lowest BCUT2D eigenvalue weighted by Gasteiger charge is -2.36. The lowest BCUT2D eigenvalue weighted by molar-refractivity contribution is -0.114. The summed E-state index contributed by atoms with van der Waals surface area (Å²) in [5.41, 5.74) is 0.922. The Bertz CT molecular complexity index is 816. The first-order chi connectivity index (χ1) is 15.2. The molecule has 32 heavy (non-hydrogen) atoms. The van der Waals surface area contributed by atoms with Crippen LogP contribution in [0.1, 0.15) is 44.5 Å². The zero-order valence-electron chi connectivity index (χ0n) is 19.9. The lowest BCUT2D eigenvalue weighted by Crippen LogP contribution is -2.51. The Kier molecular flexibility index (Phi) is 9.31. The van der Waals surface area contributed by atoms with Crippen molar-refractivity contribution in [2.24, 2.45) is 5.92 Å². The fraction of sp³-hybridized carbons (Fsp3) is 0.609. The van der Waals surface area contributed by atoms with Crippen molar-refractivity contribution in [3.8, 4) is 5.75 Å². The average molecular weight is 449 g/mol. The molecular weight excluding hydrogens is 412 g/mol. The quantitative estimate of drug-likeness (QED) is 0.737. The molecule has 3 atom stereocenters. The van der Waals surface area contributed by atoms with Gasteiger partial charge in [-0.25, -0.2) is 4.79 Å². The molecule has 1 aliphatic rings. The van der Waals surface area contributed by atoms with Gasteiger partial charge in [0.1, 0.15) is 12.4 Å². The van der Waals surface area contributed by atoms with E-state index in [0.29, 0.717) is 36.6 Å². The number of methoxy groups -OCH3 is 1. The molecule has 4 amide bonds. The Morgan fingerprint density at radius 1 is 1.25 bits per heavy atom. The van der Waals surface area contributed by atoms with Crippen molar-refractivity contribution in [1.29, 1.82) is 0 Å². The smallest absolute Gasteiger partial charge is 0.317 e. The summed E-state index contributed by atoms with van der Waals surface area (Å²) in [5, 5.41) is 5.65. The highest BCUT2D eigenvalue weighted by Crippen LogP contribution is 2.26. The van der Waals surface area contributed by atoms with E-state index in [0.717, 1.165) is 6.42 Å². The molecule has 9 heteroatoms. The molecule has 1 aromatic rings. The average Bonchev–Trinajstić information content (AvgIpc) is 2.75. The van der Waals surface area contributed by atoms with Crippen LogP contribution in [0, 0.1) is 5.92 Å². The zero-order chi connectivity index (χ0) is 23.8. The minimum atomic E-state index is -0.253. The number of carbonyl (C=O) groups excluding carboxylic acids is 3. The summed E-state index contributed by atoms with van der Waals surface area (Å²) in [6.07, 6.45) is 0.590. The summed E-state index contributed by atoms with van der Waals surface area (Å²) < 4.78 is 11.7. The van der Waals surface area contributed by atoms with Gasteiger partial charge in [-0.1, -0.05) is 13.8 Å². The van der Waals surface area contributed by atoms with Crippen LogP contribution in [0.25, 0.3) is 0 Å². The minimum Gasteiger partial charge on any atom is -0.491 e. The number of anilines is 1. The van der Waals surface area contributed by atoms with Crippen LogP contribution in [0.2, 0.25) is 0 Å². The number of amides is 4. The molecule has 2 N–H and O–H groups in total. The number of hydrogen-bond acceptors (Lipinski definition) is 5. The maximum absolute atomic E-state index is 13.2. The van der Waals surface area contributed by atoms with Gasteiger partial charge in [0.2, 0.25) is 5.91 Å². The van der Waals surface area contributed by atoms with Crippen molar-refractivity contribution in [2.45, 2.75) is 46.3 Å². The summed E-state index contributed by atoms with van der Waals surface area (Å²) >= 11 is 0. The first-order valence-corrected chi connectivity index (χ1v) is 11.0. The molecule has 0 saturated heterocycles. The highest BCUT2D eigenvalue weighted by Gasteiger charge is 2.30. The summed E-state index contributed by atoms with van der Waals surface area (Å²) in [7, 11) is 3.33. The van der Waals surface area contributed by atoms with Crippen LogP contribution >= 0.6 is 0 Å². The van der Waals surface area contributed by atoms with E-state index in [-0.39, 0.29) is 42.5 Å². The monoisotopic (exact) mass is 448 g/mol. The van der Waals surface area contributed by atoms with E-state index < -0.39 is 0 Å². The van der Waals surface area contributed by atoms with Crippen molar-refractivity contribution >= 4 is 23.5 Å². The van der Waals surface area contributed by atoms with Crippen LogP contribution in [0.5, 0.6) is 5.75 Å². The van der Waals surface area contributed by atoms with Gasteiger partial charge in [-0.15, -0.1) is 0 Å². The molecule has 0 saturated carbocycles. The molecule has 9 nitrogen and oxygen atoms in total. The molecule has 0 unspecified atom stereocenters. The van der Waals surface area contributed by atoms with Gasteiger partial charge in [-0.2, -0.15) is 0 Å². The van der Waals surface area contributed by atoms with Gasteiger partial charge in [0, 0.05) is 58.4 Å². The third-order valence-corrected chi connectivity index (χ3v) is 5.55. The molecule has 0 bridgehead atoms. The summed E-state index contributed by atoms with van der Waals surface area (Å²) in [6, 6.07) is 4.55. The number of hydrogen-bond donors (Lipinski definition) is 2. The first-order valence-electron chi connectivity index (χ1n) is 11.0. The van der Waals surface area contributed by atoms with Gasteiger partial charge in [0.05, 0.1) is 17.7 Å². The van der Waals surface area contributed by atoms with E-state index in [1.54, 1.807) is 42.2 Å². The van der Waals surface area contributed by atoms with Crippen molar-refractivity contribution in [3.63, 3.8) is 0 Å². The van der Waals surface area contributed by atoms with Gasteiger partial charge >= 0.3 is 6.03 Å². The number of likely N-dealkylation sites (N-methyl/N-ethyl adjacent to an activating group) is 1. The van der Waals surface area contributed by atoms with E-state index in [1.165, 1.54) is 6.92 Å². The number of nitrogens with zero attached hydrogens (tertiary/aromatic N) is 2. The number of nitrogens with one attached hydrogen (secondary N) is 2. The molecule has 0 radical (unpaired) electrons. The second-order valence-corrected chi connectivity index (χ2v) is 8.37. The third kappa shape index (κ3) is 6.59. The zero-order valence-corrected chi connectivity index (χ0v) is 19.9. The SMILES string of the molecule is CCCNC(=O)N1C[C@@H](C)[C@@H](OC)CN(C)C(=O)c2ccc(NC(C)=O)cc2OC[C@H]1C. The number of carbonyl (C=O) groups is 3. The van der Waals surface area contributed by atoms with Gasteiger partial charge < -0.3 is 29.9 Å². The van der Waals surface area contributed by atoms with Crippen molar-refractivity contribution in [2.75, 3.05) is 45.7 Å². The Morgan fingerprint density at radius 3 is 2.59 bits per heavy atom. The Hall–Kier alpha value is -2.81. The summed E-state index contributed by atoms with van der Waals surface area (Å²) in [5.74, 6) is -0.0671. The summed E-state index contributed by atoms with van der Waals surface area (Å²) in [4.78, 5) is 40.8. The fourth-order valence-electron chi connectivity index (χ4n) is 3.67. The van der Waals surface area contributed by atoms with Gasteiger partial charge in [0.15, 0.2) is 0 Å². The molecule has 1 aliphatic heterocycles. The van der Waals surface area contributed by atoms with Gasteiger partial charge in [-0.05, 0) is 25.5 Å². The maximum Gasteiger partial charge on any atom is 0.317 e. The molecule has 2 rings (SSSR count). The molecule has 178 valence electrons. The minimum absolute atomic E-state index is 0.00823. The van der Waals surface area contributed by atoms with E-state index in [1.807, 2.05) is 20.8 Å². The first kappa shape index (κ1) is 25.5. The Labute approximate surface area is 190 Å². The van der Waals surface area contributed by atoms with Crippen LogP contribution in [-0.2, 0) is 9.53 Å². The molecule has 0 fully saturated rings. The van der Waals surface area contributed by atoms with Gasteiger partial charge in [0.25, 0.3) is 5.91 Å². The van der Waals surface area contributed by atoms with Crippen LogP contribution in [0.15, 0.2) is 18.2 Å². The predicted molar refractivity (Wildman–Crippen MR) is 123 cm³/mol. The second kappa shape index (κ2) is 11.7. The van der Waals surface area contributed by atoms with Crippen LogP contribution in [0.4, 0.5) is 10.5 Å². The highest BCUT2D eigenvalue weighted by molar-refractivity contribution is 5.98.